The monoisotopic (exact) mass is 2130 g/mol. The highest BCUT2D eigenvalue weighted by atomic mass is 127. The number of benzene rings is 3. The Balaban J connectivity index is 0.000000296. The number of carbonyl (C=O) groups is 21. The number of esters is 7. The predicted octanol–water partition coefficient (Wildman–Crippen LogP) is 1.15. The zero-order valence-electron chi connectivity index (χ0n) is 65.0. The number of hydrogen-bond acceptors (Lipinski definition) is 35. The third kappa shape index (κ3) is 39.6. The van der Waals surface area contributed by atoms with E-state index >= 15 is 0 Å². The largest absolute Gasteiger partial charge is 0.542 e. The molecule has 9 aliphatic rings. The van der Waals surface area contributed by atoms with E-state index in [4.69, 9.17) is 28.4 Å². The van der Waals surface area contributed by atoms with Crippen LogP contribution in [0, 0.1) is 55.2 Å². The SMILES string of the molecule is CC(C)OC(=O)CCC(=O)C(=O)[O-].O=C(CC(=O)C(=O)[O-])Oc1c(I)cc(I)cc1I.O=C(CC(=O)C(=O)[O-])Oc1ccc(I)cc1.O=C(CCC(=O)C(=O)[O-])OC12CC3CC(CC(C3)C1)C2.O=C(CCC(=O)C(=O)[O-])OC1CCCCC1.O=C(CCC(=O)C(=O)[O-])OCC12CC3CC(CC(C3)C1)C2.O=C(CCC(=O)C(=O)[O-])Oc1ccccc1. The molecule has 0 amide bonds. The van der Waals surface area contributed by atoms with Crippen molar-refractivity contribution >= 4 is 214 Å². The van der Waals surface area contributed by atoms with Crippen LogP contribution in [0.25, 0.3) is 0 Å². The van der Waals surface area contributed by atoms with E-state index in [0.29, 0.717) is 43.0 Å². The maximum Gasteiger partial charge on any atom is 0.319 e. The molecule has 0 N–H and O–H groups in total. The van der Waals surface area contributed by atoms with Crippen LogP contribution < -0.4 is 50.0 Å². The first-order valence-corrected chi connectivity index (χ1v) is 42.2. The molecule has 3 aromatic rings. The molecule has 39 heteroatoms. The predicted molar refractivity (Wildman–Crippen MR) is 425 cm³/mol. The van der Waals surface area contributed by atoms with Crippen molar-refractivity contribution in [2.45, 2.75) is 218 Å². The van der Waals surface area contributed by atoms with Gasteiger partial charge in [0.05, 0.1) is 52.0 Å². The summed E-state index contributed by atoms with van der Waals surface area (Å²) in [6, 6.07) is 18.4. The number of carbonyl (C=O) groups excluding carboxylic acids is 21. The molecular formula is C81H85I4O35-7. The summed E-state index contributed by atoms with van der Waals surface area (Å²) in [5.74, 6) is -19.5. The molecule has 0 saturated heterocycles. The molecule has 0 unspecified atom stereocenters. The summed E-state index contributed by atoms with van der Waals surface area (Å²) >= 11 is 8.18. The first-order chi connectivity index (χ1) is 56.3. The minimum absolute atomic E-state index is 0.0562. The molecule has 0 aromatic heterocycles. The van der Waals surface area contributed by atoms with Gasteiger partial charge in [0.2, 0.25) is 0 Å². The van der Waals surface area contributed by atoms with E-state index in [1.54, 1.807) is 80.6 Å². The highest BCUT2D eigenvalue weighted by Crippen LogP contribution is 2.60. The van der Waals surface area contributed by atoms with Crippen LogP contribution in [-0.4, -0.2) is 148 Å². The molecule has 0 atom stereocenters. The Hall–Kier alpha value is -9.15. The third-order valence-electron chi connectivity index (χ3n) is 19.4. The lowest BCUT2D eigenvalue weighted by atomic mass is 9.50. The van der Waals surface area contributed by atoms with Gasteiger partial charge in [0.15, 0.2) is 46.2 Å². The zero-order chi connectivity index (χ0) is 89.7. The van der Waals surface area contributed by atoms with Crippen LogP contribution in [0.3, 0.4) is 0 Å². The molecule has 3 aromatic carbocycles. The van der Waals surface area contributed by atoms with Crippen LogP contribution in [-0.2, 0) is 120 Å². The van der Waals surface area contributed by atoms with Gasteiger partial charge in [-0.1, -0.05) is 24.6 Å². The van der Waals surface area contributed by atoms with Gasteiger partial charge in [0.1, 0.15) is 77.8 Å². The Morgan fingerprint density at radius 2 is 0.708 bits per heavy atom. The van der Waals surface area contributed by atoms with Crippen LogP contribution in [0.5, 0.6) is 17.2 Å². The van der Waals surface area contributed by atoms with Crippen molar-refractivity contribution < 1.29 is 170 Å². The van der Waals surface area contributed by atoms with E-state index < -0.39 is 143 Å². The van der Waals surface area contributed by atoms with Gasteiger partial charge in [-0.15, -0.1) is 0 Å². The summed E-state index contributed by atoms with van der Waals surface area (Å²) in [5.41, 5.74) is -0.168. The fraction of sp³-hybridized carbons (Fsp3) is 0.519. The lowest BCUT2D eigenvalue weighted by Crippen LogP contribution is -2.52. The first kappa shape index (κ1) is 103. The van der Waals surface area contributed by atoms with Crippen molar-refractivity contribution in [2.24, 2.45) is 40.9 Å². The van der Waals surface area contributed by atoms with Crippen LogP contribution >= 0.6 is 90.4 Å². The minimum Gasteiger partial charge on any atom is -0.542 e. The highest BCUT2D eigenvalue weighted by molar-refractivity contribution is 14.1. The van der Waals surface area contributed by atoms with Gasteiger partial charge in [-0.2, -0.15) is 0 Å². The number of Topliss-reactive ketones (excluding diaryl/α,β-unsaturated/α-hetero) is 7. The summed E-state index contributed by atoms with van der Waals surface area (Å²) in [5, 5.41) is 70.9. The van der Waals surface area contributed by atoms with Crippen molar-refractivity contribution in [1.82, 2.24) is 0 Å². The molecule has 654 valence electrons. The number of ketones is 7. The number of aliphatic carboxylic acids is 7. The molecule has 0 spiro atoms. The molecular weight excluding hydrogens is 2040 g/mol. The number of para-hydroxylation sites is 1. The Morgan fingerprint density at radius 1 is 0.367 bits per heavy atom. The van der Waals surface area contributed by atoms with Gasteiger partial charge in [0, 0.05) is 44.7 Å². The van der Waals surface area contributed by atoms with Crippen LogP contribution in [0.4, 0.5) is 0 Å². The highest BCUT2D eigenvalue weighted by Gasteiger charge is 2.54. The number of carboxylic acids is 7. The maximum atomic E-state index is 11.9. The standard InChI is InChI=1S/C16H22O5.C15H20O5.C11H16O5.C11H10O5.C10H5I3O5.C10H7IO5.C8H12O5/c17-13(15(19)20)1-2-14(18)21-9-16-6-10-3-11(7-16)5-12(4-10)8-16;16-12(14(18)19)1-2-13(17)20-15-6-9-3-10(7-15)5-11(4-9)8-15;2*12-9(11(14)15)6-7-10(13)16-8-4-2-1-3-5-8;11-4-1-5(12)9(6(13)2-4)18-8(15)3-7(14)10(16)17;11-6-1-3-7(4-2-6)16-9(13)5-8(12)10(14)15;1-5(2)13-7(10)4-3-6(9)8(11)12/h10-12H,1-9H2,(H,19,20);9-11H,1-8H2,(H,18,19);8H,1-7H2,(H,14,15);1-5H,6-7H2,(H,14,15);1-2H,3H2,(H,16,17);1-4H,5H2,(H,14,15);5H,3-4H2,1-2H3,(H,11,12)/p-7. The van der Waals surface area contributed by atoms with E-state index in [1.807, 2.05) is 45.2 Å². The maximum absolute atomic E-state index is 11.9. The van der Waals surface area contributed by atoms with E-state index in [2.05, 4.69) is 49.9 Å². The molecule has 8 bridgehead atoms. The summed E-state index contributed by atoms with van der Waals surface area (Å²) in [4.78, 5) is 225. The topological polar surface area (TPSA) is 584 Å². The molecule has 9 aliphatic carbocycles. The van der Waals surface area contributed by atoms with E-state index in [1.165, 1.54) is 38.5 Å². The van der Waals surface area contributed by atoms with Crippen LogP contribution in [0.1, 0.15) is 200 Å². The molecule has 35 nitrogen and oxygen atoms in total. The number of halogens is 4. The molecule has 9 saturated carbocycles. The van der Waals surface area contributed by atoms with Crippen LogP contribution in [0.15, 0.2) is 66.7 Å². The molecule has 0 aliphatic heterocycles. The Bertz CT molecular complexity index is 4160. The third-order valence-corrected chi connectivity index (χ3v) is 22.4. The Labute approximate surface area is 741 Å². The molecule has 9 fully saturated rings. The first-order valence-electron chi connectivity index (χ1n) is 37.9. The van der Waals surface area contributed by atoms with E-state index in [0.717, 1.165) is 95.5 Å². The van der Waals surface area contributed by atoms with Gasteiger partial charge in [0.25, 0.3) is 0 Å². The molecule has 0 heterocycles. The van der Waals surface area contributed by atoms with Crippen molar-refractivity contribution in [3.63, 3.8) is 0 Å². The molecule has 12 rings (SSSR count). The van der Waals surface area contributed by atoms with E-state index in [9.17, 15) is 136 Å². The quantitative estimate of drug-likeness (QED) is 0.0202. The zero-order valence-corrected chi connectivity index (χ0v) is 73.6. The second-order valence-corrected chi connectivity index (χ2v) is 34.5. The lowest BCUT2D eigenvalue weighted by Gasteiger charge is -2.56. The summed E-state index contributed by atoms with van der Waals surface area (Å²) < 4.78 is 38.7. The average Bonchev–Trinajstić information content (AvgIpc) is 0.750. The molecule has 0 radical (unpaired) electrons. The lowest BCUT2D eigenvalue weighted by molar-refractivity contribution is -0.301. The summed E-state index contributed by atoms with van der Waals surface area (Å²) in [7, 11) is 0. The number of rotatable bonds is 34. The second-order valence-electron chi connectivity index (χ2n) is 29.7. The van der Waals surface area contributed by atoms with E-state index in [-0.39, 0.29) is 86.8 Å². The fourth-order valence-electron chi connectivity index (χ4n) is 15.1. The van der Waals surface area contributed by atoms with Gasteiger partial charge >= 0.3 is 41.8 Å². The minimum atomic E-state index is -1.89. The van der Waals surface area contributed by atoms with Gasteiger partial charge in [-0.3, -0.25) is 67.1 Å². The van der Waals surface area contributed by atoms with Gasteiger partial charge in [-0.25, -0.2) is 0 Å². The van der Waals surface area contributed by atoms with Crippen molar-refractivity contribution in [3.8, 4) is 17.2 Å². The summed E-state index contributed by atoms with van der Waals surface area (Å²) in [6.07, 6.45) is 14.4. The summed E-state index contributed by atoms with van der Waals surface area (Å²) in [6.45, 7) is 3.77. The normalized spacial score (nSPS) is 20.0. The Morgan fingerprint density at radius 3 is 1.10 bits per heavy atom. The Kier molecular flexibility index (Phi) is 44.4. The fourth-order valence-corrected chi connectivity index (χ4v) is 19.2. The number of hydrogen-bond donors (Lipinski definition) is 0. The number of ether oxygens (including phenoxy) is 7. The smallest absolute Gasteiger partial charge is 0.319 e. The van der Waals surface area contributed by atoms with Crippen LogP contribution in [0.2, 0.25) is 0 Å². The van der Waals surface area contributed by atoms with Gasteiger partial charge in [-0.05, 0) is 291 Å². The number of carboxylic acid groups (broad SMARTS) is 7. The molecule has 120 heavy (non-hydrogen) atoms. The van der Waals surface area contributed by atoms with Gasteiger partial charge < -0.3 is 102 Å². The van der Waals surface area contributed by atoms with Crippen molar-refractivity contribution in [3.05, 3.63) is 81.0 Å². The van der Waals surface area contributed by atoms with Crippen molar-refractivity contribution in [2.75, 3.05) is 6.61 Å². The van der Waals surface area contributed by atoms with Crippen molar-refractivity contribution in [1.29, 1.82) is 0 Å². The average molecular weight is 2130 g/mol. The second kappa shape index (κ2) is 51.6.